The number of benzene rings is 1. The van der Waals surface area contributed by atoms with Crippen molar-refractivity contribution in [3.8, 4) is 0 Å². The van der Waals surface area contributed by atoms with E-state index in [9.17, 15) is 0 Å². The van der Waals surface area contributed by atoms with Gasteiger partial charge < -0.3 is 4.90 Å². The van der Waals surface area contributed by atoms with E-state index < -0.39 is 0 Å². The van der Waals surface area contributed by atoms with Crippen LogP contribution < -0.4 is 4.90 Å². The van der Waals surface area contributed by atoms with Gasteiger partial charge in [-0.25, -0.2) is 0 Å². The molecule has 3 rings (SSSR count). The van der Waals surface area contributed by atoms with E-state index in [2.05, 4.69) is 61.4 Å². The number of para-hydroxylation sites is 1. The standard InChI is InChI=1S/C16H17N/c1-3-12-13-8-4-6-10-15(13)17(2)16-11-7-5-9-14(12)16/h4-8,10-11H,3,9H2,1-2H3. The third-order valence-corrected chi connectivity index (χ3v) is 3.69. The summed E-state index contributed by atoms with van der Waals surface area (Å²) in [4.78, 5) is 2.31. The summed E-state index contributed by atoms with van der Waals surface area (Å²) in [5.74, 6) is 0. The van der Waals surface area contributed by atoms with Gasteiger partial charge in [0.2, 0.25) is 0 Å². The third-order valence-electron chi connectivity index (χ3n) is 3.69. The third kappa shape index (κ3) is 1.46. The average molecular weight is 223 g/mol. The molecule has 0 N–H and O–H groups in total. The Morgan fingerprint density at radius 1 is 1.24 bits per heavy atom. The molecule has 0 radical (unpaired) electrons. The predicted octanol–water partition coefficient (Wildman–Crippen LogP) is 4.14. The first-order chi connectivity index (χ1) is 8.33. The first-order valence-electron chi connectivity index (χ1n) is 6.25. The van der Waals surface area contributed by atoms with Crippen LogP contribution in [0.4, 0.5) is 5.69 Å². The van der Waals surface area contributed by atoms with E-state index in [1.54, 1.807) is 0 Å². The lowest BCUT2D eigenvalue weighted by Gasteiger charge is -2.34. The molecule has 17 heavy (non-hydrogen) atoms. The lowest BCUT2D eigenvalue weighted by atomic mass is 9.86. The summed E-state index contributed by atoms with van der Waals surface area (Å²) in [6.45, 7) is 2.25. The van der Waals surface area contributed by atoms with Crippen LogP contribution in [0.2, 0.25) is 0 Å². The quantitative estimate of drug-likeness (QED) is 0.691. The summed E-state index contributed by atoms with van der Waals surface area (Å²) in [7, 11) is 2.16. The minimum absolute atomic E-state index is 1.06. The van der Waals surface area contributed by atoms with Crippen molar-refractivity contribution in [3.63, 3.8) is 0 Å². The molecule has 0 unspecified atom stereocenters. The van der Waals surface area contributed by atoms with Gasteiger partial charge in [-0.1, -0.05) is 37.3 Å². The van der Waals surface area contributed by atoms with Crippen molar-refractivity contribution in [2.75, 3.05) is 11.9 Å². The molecule has 1 aromatic carbocycles. The molecule has 0 saturated heterocycles. The number of nitrogens with zero attached hydrogens (tertiary/aromatic N) is 1. The smallest absolute Gasteiger partial charge is 0.0484 e. The van der Waals surface area contributed by atoms with Crippen LogP contribution in [0.1, 0.15) is 25.3 Å². The molecule has 1 heteroatoms. The second-order valence-electron chi connectivity index (χ2n) is 4.57. The van der Waals surface area contributed by atoms with Crippen molar-refractivity contribution in [1.82, 2.24) is 0 Å². The molecule has 0 fully saturated rings. The Labute approximate surface area is 103 Å². The summed E-state index contributed by atoms with van der Waals surface area (Å²) < 4.78 is 0. The molecule has 0 saturated carbocycles. The van der Waals surface area contributed by atoms with E-state index in [0.717, 1.165) is 12.8 Å². The van der Waals surface area contributed by atoms with E-state index in [0.29, 0.717) is 0 Å². The van der Waals surface area contributed by atoms with Crippen molar-refractivity contribution in [1.29, 1.82) is 0 Å². The second kappa shape index (κ2) is 3.92. The Morgan fingerprint density at radius 2 is 2.06 bits per heavy atom. The Bertz CT molecular complexity index is 546. The molecule has 1 heterocycles. The van der Waals surface area contributed by atoms with Gasteiger partial charge in [-0.05, 0) is 36.1 Å². The SMILES string of the molecule is CCC1=C2CC=CC=C2N(C)c2ccccc21. The van der Waals surface area contributed by atoms with E-state index in [1.165, 1.54) is 28.1 Å². The molecule has 0 atom stereocenters. The summed E-state index contributed by atoms with van der Waals surface area (Å²) in [5, 5.41) is 0. The van der Waals surface area contributed by atoms with Crippen LogP contribution in [0, 0.1) is 0 Å². The zero-order chi connectivity index (χ0) is 11.8. The highest BCUT2D eigenvalue weighted by Gasteiger charge is 2.25. The minimum Gasteiger partial charge on any atom is -0.344 e. The fourth-order valence-electron chi connectivity index (χ4n) is 2.86. The Morgan fingerprint density at radius 3 is 2.88 bits per heavy atom. The van der Waals surface area contributed by atoms with Crippen LogP contribution in [0.3, 0.4) is 0 Å². The van der Waals surface area contributed by atoms with Gasteiger partial charge in [-0.15, -0.1) is 0 Å². The van der Waals surface area contributed by atoms with Crippen LogP contribution in [-0.2, 0) is 0 Å². The number of anilines is 1. The van der Waals surface area contributed by atoms with Crippen LogP contribution in [0.5, 0.6) is 0 Å². The number of rotatable bonds is 1. The molecule has 0 spiro atoms. The zero-order valence-electron chi connectivity index (χ0n) is 10.4. The van der Waals surface area contributed by atoms with Gasteiger partial charge in [-0.2, -0.15) is 0 Å². The maximum absolute atomic E-state index is 2.31. The van der Waals surface area contributed by atoms with E-state index >= 15 is 0 Å². The van der Waals surface area contributed by atoms with Gasteiger partial charge in [0, 0.05) is 24.0 Å². The van der Waals surface area contributed by atoms with Crippen molar-refractivity contribution in [2.45, 2.75) is 19.8 Å². The maximum Gasteiger partial charge on any atom is 0.0484 e. The van der Waals surface area contributed by atoms with Gasteiger partial charge in [0.1, 0.15) is 0 Å². The van der Waals surface area contributed by atoms with Gasteiger partial charge in [0.05, 0.1) is 0 Å². The van der Waals surface area contributed by atoms with E-state index in [4.69, 9.17) is 0 Å². The van der Waals surface area contributed by atoms with Gasteiger partial charge >= 0.3 is 0 Å². The largest absolute Gasteiger partial charge is 0.344 e. The highest BCUT2D eigenvalue weighted by atomic mass is 15.1. The first kappa shape index (κ1) is 10.4. The van der Waals surface area contributed by atoms with E-state index in [-0.39, 0.29) is 0 Å². The molecule has 0 amide bonds. The minimum atomic E-state index is 1.06. The van der Waals surface area contributed by atoms with Crippen LogP contribution >= 0.6 is 0 Å². The molecule has 2 aliphatic rings. The lowest BCUT2D eigenvalue weighted by molar-refractivity contribution is 1.01. The number of likely N-dealkylation sites (N-methyl/N-ethyl adjacent to an activating group) is 1. The topological polar surface area (TPSA) is 3.24 Å². The Balaban J connectivity index is 2.28. The highest BCUT2D eigenvalue weighted by molar-refractivity contribution is 5.87. The van der Waals surface area contributed by atoms with Crippen molar-refractivity contribution >= 4 is 11.3 Å². The first-order valence-corrected chi connectivity index (χ1v) is 6.25. The molecule has 1 aliphatic heterocycles. The van der Waals surface area contributed by atoms with E-state index in [1.807, 2.05) is 0 Å². The Hall–Kier alpha value is -1.76. The number of fused-ring (bicyclic) bond motifs is 2. The number of hydrogen-bond acceptors (Lipinski definition) is 1. The maximum atomic E-state index is 2.31. The second-order valence-corrected chi connectivity index (χ2v) is 4.57. The molecule has 86 valence electrons. The molecule has 1 aromatic rings. The normalized spacial score (nSPS) is 17.8. The summed E-state index contributed by atoms with van der Waals surface area (Å²) >= 11 is 0. The summed E-state index contributed by atoms with van der Waals surface area (Å²) in [6, 6.07) is 8.71. The van der Waals surface area contributed by atoms with Gasteiger partial charge in [0.15, 0.2) is 0 Å². The average Bonchev–Trinajstić information content (AvgIpc) is 2.40. The van der Waals surface area contributed by atoms with Crippen LogP contribution in [0.15, 0.2) is 53.8 Å². The molecule has 1 nitrogen and oxygen atoms in total. The van der Waals surface area contributed by atoms with Crippen LogP contribution in [-0.4, -0.2) is 7.05 Å². The monoisotopic (exact) mass is 223 g/mol. The highest BCUT2D eigenvalue weighted by Crippen LogP contribution is 2.42. The van der Waals surface area contributed by atoms with Crippen molar-refractivity contribution in [2.24, 2.45) is 0 Å². The fraction of sp³-hybridized carbons (Fsp3) is 0.250. The number of hydrogen-bond donors (Lipinski definition) is 0. The fourth-order valence-corrected chi connectivity index (χ4v) is 2.86. The summed E-state index contributed by atoms with van der Waals surface area (Å²) in [6.07, 6.45) is 8.80. The molecule has 0 aromatic heterocycles. The number of allylic oxidation sites excluding steroid dienone is 5. The Kier molecular flexibility index (Phi) is 2.40. The van der Waals surface area contributed by atoms with Crippen molar-refractivity contribution in [3.05, 3.63) is 59.3 Å². The van der Waals surface area contributed by atoms with Crippen molar-refractivity contribution < 1.29 is 0 Å². The molecule has 1 aliphatic carbocycles. The zero-order valence-corrected chi connectivity index (χ0v) is 10.4. The molecular formula is C16H17N. The lowest BCUT2D eigenvalue weighted by Crippen LogP contribution is -2.24. The van der Waals surface area contributed by atoms with Gasteiger partial charge in [-0.3, -0.25) is 0 Å². The van der Waals surface area contributed by atoms with Gasteiger partial charge in [0.25, 0.3) is 0 Å². The summed E-state index contributed by atoms with van der Waals surface area (Å²) in [5.41, 5.74) is 7.10. The van der Waals surface area contributed by atoms with Crippen LogP contribution in [0.25, 0.3) is 5.57 Å². The molecular weight excluding hydrogens is 206 g/mol. The predicted molar refractivity (Wildman–Crippen MR) is 73.9 cm³/mol. The molecule has 0 bridgehead atoms.